The standard InChI is InChI=1S/C17H23BrN4O/c1-12(2)16-20-17(23-21-16)19-15-7-9-22(10-8-15)11-13-3-5-14(18)6-4-13/h3-6,12,15H,7-11H2,1-2H3,(H,19,20,21). The van der Waals surface area contributed by atoms with Crippen LogP contribution in [0.3, 0.4) is 0 Å². The molecule has 2 heterocycles. The number of nitrogens with one attached hydrogen (secondary N) is 1. The van der Waals surface area contributed by atoms with Gasteiger partial charge in [-0.2, -0.15) is 4.98 Å². The van der Waals surface area contributed by atoms with E-state index in [0.717, 1.165) is 42.8 Å². The van der Waals surface area contributed by atoms with Crippen LogP contribution in [0.25, 0.3) is 0 Å². The number of hydrogen-bond acceptors (Lipinski definition) is 5. The van der Waals surface area contributed by atoms with Crippen molar-refractivity contribution in [1.29, 1.82) is 0 Å². The minimum absolute atomic E-state index is 0.294. The van der Waals surface area contributed by atoms with Crippen LogP contribution in [0.4, 0.5) is 6.01 Å². The minimum atomic E-state index is 0.294. The molecular formula is C17H23BrN4O. The van der Waals surface area contributed by atoms with Crippen molar-refractivity contribution >= 4 is 21.9 Å². The monoisotopic (exact) mass is 378 g/mol. The van der Waals surface area contributed by atoms with Gasteiger partial charge in [0, 0.05) is 36.1 Å². The maximum Gasteiger partial charge on any atom is 0.321 e. The lowest BCUT2D eigenvalue weighted by molar-refractivity contribution is 0.210. The van der Waals surface area contributed by atoms with Crippen LogP contribution in [0, 0.1) is 0 Å². The first kappa shape index (κ1) is 16.5. The Hall–Kier alpha value is -1.40. The van der Waals surface area contributed by atoms with Crippen LogP contribution in [0.5, 0.6) is 0 Å². The second-order valence-electron chi connectivity index (χ2n) is 6.43. The van der Waals surface area contributed by atoms with Crippen LogP contribution in [-0.4, -0.2) is 34.2 Å². The predicted octanol–water partition coefficient (Wildman–Crippen LogP) is 4.03. The number of nitrogens with zero attached hydrogens (tertiary/aromatic N) is 3. The molecule has 1 fully saturated rings. The molecule has 6 heteroatoms. The first-order chi connectivity index (χ1) is 11.1. The highest BCUT2D eigenvalue weighted by molar-refractivity contribution is 9.10. The van der Waals surface area contributed by atoms with Gasteiger partial charge in [0.15, 0.2) is 5.82 Å². The van der Waals surface area contributed by atoms with Gasteiger partial charge in [0.2, 0.25) is 0 Å². The lowest BCUT2D eigenvalue weighted by atomic mass is 10.0. The van der Waals surface area contributed by atoms with E-state index < -0.39 is 0 Å². The molecule has 0 atom stereocenters. The highest BCUT2D eigenvalue weighted by atomic mass is 79.9. The van der Waals surface area contributed by atoms with Gasteiger partial charge in [0.05, 0.1) is 0 Å². The van der Waals surface area contributed by atoms with Gasteiger partial charge in [0.1, 0.15) is 0 Å². The van der Waals surface area contributed by atoms with Crippen LogP contribution < -0.4 is 5.32 Å². The van der Waals surface area contributed by atoms with Gasteiger partial charge in [-0.05, 0) is 30.5 Å². The Kier molecular flexibility index (Phi) is 5.33. The maximum absolute atomic E-state index is 5.27. The summed E-state index contributed by atoms with van der Waals surface area (Å²) in [5.74, 6) is 1.06. The molecule has 1 saturated heterocycles. The van der Waals surface area contributed by atoms with E-state index in [4.69, 9.17) is 4.52 Å². The average molecular weight is 379 g/mol. The van der Waals surface area contributed by atoms with Gasteiger partial charge in [-0.15, -0.1) is 0 Å². The zero-order chi connectivity index (χ0) is 16.2. The number of aromatic nitrogens is 2. The van der Waals surface area contributed by atoms with Crippen LogP contribution in [0.15, 0.2) is 33.3 Å². The zero-order valence-corrected chi connectivity index (χ0v) is 15.2. The molecule has 0 aliphatic carbocycles. The Labute approximate surface area is 145 Å². The molecule has 1 aromatic carbocycles. The fraction of sp³-hybridized carbons (Fsp3) is 0.529. The first-order valence-electron chi connectivity index (χ1n) is 8.17. The van der Waals surface area contributed by atoms with E-state index in [9.17, 15) is 0 Å². The Morgan fingerprint density at radius 3 is 2.57 bits per heavy atom. The molecule has 3 rings (SSSR count). The fourth-order valence-electron chi connectivity index (χ4n) is 2.79. The molecule has 1 aromatic heterocycles. The Morgan fingerprint density at radius 1 is 1.26 bits per heavy atom. The molecule has 0 saturated carbocycles. The molecule has 5 nitrogen and oxygen atoms in total. The highest BCUT2D eigenvalue weighted by Gasteiger charge is 2.21. The largest absolute Gasteiger partial charge is 0.335 e. The number of likely N-dealkylation sites (tertiary alicyclic amines) is 1. The molecule has 23 heavy (non-hydrogen) atoms. The van der Waals surface area contributed by atoms with Crippen molar-refractivity contribution in [1.82, 2.24) is 15.0 Å². The Bertz CT molecular complexity index is 618. The quantitative estimate of drug-likeness (QED) is 0.850. The summed E-state index contributed by atoms with van der Waals surface area (Å²) in [4.78, 5) is 6.89. The molecule has 0 unspecified atom stereocenters. The number of hydrogen-bond donors (Lipinski definition) is 1. The van der Waals surface area contributed by atoms with Crippen molar-refractivity contribution in [3.05, 3.63) is 40.1 Å². The van der Waals surface area contributed by atoms with Crippen molar-refractivity contribution in [2.45, 2.75) is 45.2 Å². The summed E-state index contributed by atoms with van der Waals surface area (Å²) in [6.45, 7) is 7.31. The van der Waals surface area contributed by atoms with Gasteiger partial charge in [0.25, 0.3) is 0 Å². The van der Waals surface area contributed by atoms with E-state index in [0.29, 0.717) is 18.0 Å². The van der Waals surface area contributed by atoms with E-state index in [1.54, 1.807) is 0 Å². The maximum atomic E-state index is 5.27. The SMILES string of the molecule is CC(C)c1noc(NC2CCN(Cc3ccc(Br)cc3)CC2)n1. The molecule has 1 aliphatic rings. The highest BCUT2D eigenvalue weighted by Crippen LogP contribution is 2.19. The zero-order valence-electron chi connectivity index (χ0n) is 13.6. The van der Waals surface area contributed by atoms with Gasteiger partial charge in [-0.3, -0.25) is 4.90 Å². The van der Waals surface area contributed by atoms with Crippen molar-refractivity contribution in [3.8, 4) is 0 Å². The molecule has 0 amide bonds. The number of benzene rings is 1. The summed E-state index contributed by atoms with van der Waals surface area (Å²) in [6.07, 6.45) is 2.19. The lowest BCUT2D eigenvalue weighted by Gasteiger charge is -2.31. The van der Waals surface area contributed by atoms with E-state index >= 15 is 0 Å². The number of piperidine rings is 1. The third kappa shape index (κ3) is 4.54. The topological polar surface area (TPSA) is 54.2 Å². The van der Waals surface area contributed by atoms with Crippen molar-refractivity contribution < 1.29 is 4.52 Å². The number of rotatable bonds is 5. The number of anilines is 1. The second-order valence-corrected chi connectivity index (χ2v) is 7.35. The van der Waals surface area contributed by atoms with Crippen LogP contribution >= 0.6 is 15.9 Å². The van der Waals surface area contributed by atoms with E-state index in [2.05, 4.69) is 74.4 Å². The van der Waals surface area contributed by atoms with E-state index in [-0.39, 0.29) is 0 Å². The first-order valence-corrected chi connectivity index (χ1v) is 8.96. The van der Waals surface area contributed by atoms with Gasteiger partial charge in [-0.1, -0.05) is 47.1 Å². The van der Waals surface area contributed by atoms with Gasteiger partial charge in [-0.25, -0.2) is 0 Å². The summed E-state index contributed by atoms with van der Waals surface area (Å²) in [6, 6.07) is 9.54. The molecule has 0 spiro atoms. The lowest BCUT2D eigenvalue weighted by Crippen LogP contribution is -2.38. The Balaban J connectivity index is 1.47. The summed E-state index contributed by atoms with van der Waals surface area (Å²) in [7, 11) is 0. The van der Waals surface area contributed by atoms with Crippen LogP contribution in [-0.2, 0) is 6.54 Å². The third-order valence-electron chi connectivity index (χ3n) is 4.19. The van der Waals surface area contributed by atoms with Crippen LogP contribution in [0.2, 0.25) is 0 Å². The molecule has 1 N–H and O–H groups in total. The van der Waals surface area contributed by atoms with Gasteiger partial charge < -0.3 is 9.84 Å². The molecule has 1 aliphatic heterocycles. The molecule has 2 aromatic rings. The molecule has 124 valence electrons. The third-order valence-corrected chi connectivity index (χ3v) is 4.72. The molecular weight excluding hydrogens is 356 g/mol. The molecule has 0 radical (unpaired) electrons. The fourth-order valence-corrected chi connectivity index (χ4v) is 3.05. The van der Waals surface area contributed by atoms with Crippen molar-refractivity contribution in [2.24, 2.45) is 0 Å². The summed E-state index contributed by atoms with van der Waals surface area (Å²) < 4.78 is 6.40. The van der Waals surface area contributed by atoms with E-state index in [1.807, 2.05) is 0 Å². The van der Waals surface area contributed by atoms with Crippen molar-refractivity contribution in [2.75, 3.05) is 18.4 Å². The Morgan fingerprint density at radius 2 is 1.96 bits per heavy atom. The smallest absolute Gasteiger partial charge is 0.321 e. The average Bonchev–Trinajstić information content (AvgIpc) is 3.00. The van der Waals surface area contributed by atoms with Gasteiger partial charge >= 0.3 is 6.01 Å². The van der Waals surface area contributed by atoms with E-state index in [1.165, 1.54) is 5.56 Å². The van der Waals surface area contributed by atoms with Crippen molar-refractivity contribution in [3.63, 3.8) is 0 Å². The predicted molar refractivity (Wildman–Crippen MR) is 94.5 cm³/mol. The molecule has 0 bridgehead atoms. The second kappa shape index (κ2) is 7.45. The summed E-state index contributed by atoms with van der Waals surface area (Å²) in [5.41, 5.74) is 1.36. The minimum Gasteiger partial charge on any atom is -0.335 e. The van der Waals surface area contributed by atoms with Crippen LogP contribution in [0.1, 0.15) is 44.0 Å². The number of halogens is 1. The summed E-state index contributed by atoms with van der Waals surface area (Å²) >= 11 is 3.48. The normalized spacial score (nSPS) is 16.9. The summed E-state index contributed by atoms with van der Waals surface area (Å²) in [5, 5.41) is 7.37.